The number of carboxylic acids is 1. The van der Waals surface area contributed by atoms with Crippen LogP contribution in [-0.4, -0.2) is 37.5 Å². The minimum atomic E-state index is -1.14. The van der Waals surface area contributed by atoms with E-state index in [2.05, 4.69) is 4.99 Å². The molecule has 0 unspecified atom stereocenters. The van der Waals surface area contributed by atoms with Gasteiger partial charge in [0.1, 0.15) is 12.4 Å². The molecule has 3 rings (SSSR count). The maximum absolute atomic E-state index is 11.7. The van der Waals surface area contributed by atoms with Crippen molar-refractivity contribution in [3.05, 3.63) is 76.7 Å². The van der Waals surface area contributed by atoms with Gasteiger partial charge in [-0.1, -0.05) is 6.07 Å². The molecule has 2 aromatic carbocycles. The fraction of sp³-hybridized carbons (Fsp3) is 0.174. The predicted octanol–water partition coefficient (Wildman–Crippen LogP) is 4.41. The first-order valence-electron chi connectivity index (χ1n) is 9.27. The molecule has 0 saturated carbocycles. The summed E-state index contributed by atoms with van der Waals surface area (Å²) < 4.78 is 21.0. The van der Waals surface area contributed by atoms with Crippen molar-refractivity contribution in [2.24, 2.45) is 4.99 Å². The summed E-state index contributed by atoms with van der Waals surface area (Å²) in [4.78, 5) is 27.1. The summed E-state index contributed by atoms with van der Waals surface area (Å²) in [5.74, 6) is -0.382. The van der Waals surface area contributed by atoms with Crippen LogP contribution in [0.25, 0.3) is 0 Å². The molecule has 8 nitrogen and oxygen atoms in total. The number of aryl methyl sites for hydroxylation is 1. The van der Waals surface area contributed by atoms with Crippen molar-refractivity contribution in [3.63, 3.8) is 0 Å². The number of methoxy groups -OCH3 is 2. The largest absolute Gasteiger partial charge is 0.493 e. The van der Waals surface area contributed by atoms with Gasteiger partial charge in [-0.15, -0.1) is 0 Å². The number of carbonyl (C=O) groups is 2. The highest BCUT2D eigenvalue weighted by Gasteiger charge is 2.11. The van der Waals surface area contributed by atoms with Crippen LogP contribution in [0.4, 0.5) is 5.69 Å². The lowest BCUT2D eigenvalue weighted by atomic mass is 10.1. The van der Waals surface area contributed by atoms with Crippen LogP contribution < -0.4 is 9.47 Å². The monoisotopic (exact) mass is 423 g/mol. The zero-order chi connectivity index (χ0) is 22.4. The molecular formula is C23H21NO7. The van der Waals surface area contributed by atoms with E-state index in [1.807, 2.05) is 6.92 Å². The molecule has 1 heterocycles. The number of nitrogens with zero attached hydrogens (tertiary/aromatic N) is 1. The lowest BCUT2D eigenvalue weighted by molar-refractivity contribution is 0.0599. The van der Waals surface area contributed by atoms with Gasteiger partial charge in [-0.3, -0.25) is 4.99 Å². The Bertz CT molecular complexity index is 1130. The van der Waals surface area contributed by atoms with E-state index in [0.717, 1.165) is 11.1 Å². The van der Waals surface area contributed by atoms with Crippen LogP contribution in [0, 0.1) is 6.92 Å². The second-order valence-corrected chi connectivity index (χ2v) is 6.52. The average molecular weight is 423 g/mol. The topological polar surface area (TPSA) is 108 Å². The average Bonchev–Trinajstić information content (AvgIpc) is 3.26. The Morgan fingerprint density at radius 1 is 1.06 bits per heavy atom. The van der Waals surface area contributed by atoms with Crippen molar-refractivity contribution in [3.8, 4) is 11.5 Å². The fourth-order valence-electron chi connectivity index (χ4n) is 2.74. The molecule has 0 aliphatic rings. The molecule has 0 radical (unpaired) electrons. The molecule has 8 heteroatoms. The minimum Gasteiger partial charge on any atom is -0.493 e. The first-order chi connectivity index (χ1) is 14.9. The third-order valence-corrected chi connectivity index (χ3v) is 4.41. The van der Waals surface area contributed by atoms with E-state index >= 15 is 0 Å². The maximum atomic E-state index is 11.7. The number of hydrogen-bond donors (Lipinski definition) is 1. The molecule has 0 aliphatic heterocycles. The van der Waals surface area contributed by atoms with Crippen molar-refractivity contribution in [1.82, 2.24) is 0 Å². The Morgan fingerprint density at radius 3 is 2.55 bits per heavy atom. The Morgan fingerprint density at radius 2 is 1.87 bits per heavy atom. The summed E-state index contributed by atoms with van der Waals surface area (Å²) in [7, 11) is 2.85. The number of rotatable bonds is 8. The van der Waals surface area contributed by atoms with Crippen LogP contribution in [0.1, 0.15) is 37.8 Å². The van der Waals surface area contributed by atoms with Gasteiger partial charge in [0.15, 0.2) is 11.5 Å². The number of ether oxygens (including phenoxy) is 3. The molecule has 0 fully saturated rings. The lowest BCUT2D eigenvalue weighted by Crippen LogP contribution is -2.00. The van der Waals surface area contributed by atoms with Crippen LogP contribution in [0.15, 0.2) is 57.9 Å². The highest BCUT2D eigenvalue weighted by Crippen LogP contribution is 2.29. The molecule has 3 aromatic rings. The number of carbonyl (C=O) groups excluding carboxylic acids is 1. The third-order valence-electron chi connectivity index (χ3n) is 4.41. The van der Waals surface area contributed by atoms with Crippen molar-refractivity contribution in [2.45, 2.75) is 13.5 Å². The Kier molecular flexibility index (Phi) is 6.71. The molecule has 31 heavy (non-hydrogen) atoms. The quantitative estimate of drug-likeness (QED) is 0.422. The van der Waals surface area contributed by atoms with Gasteiger partial charge in [0.2, 0.25) is 5.76 Å². The zero-order valence-electron chi connectivity index (χ0n) is 17.2. The number of esters is 1. The number of carboxylic acid groups (broad SMARTS) is 1. The summed E-state index contributed by atoms with van der Waals surface area (Å²) in [6, 6.07) is 13.3. The van der Waals surface area contributed by atoms with Gasteiger partial charge in [0, 0.05) is 6.21 Å². The van der Waals surface area contributed by atoms with Crippen LogP contribution in [0.3, 0.4) is 0 Å². The second kappa shape index (κ2) is 9.62. The molecule has 0 saturated heterocycles. The molecule has 0 bridgehead atoms. The van der Waals surface area contributed by atoms with Crippen LogP contribution >= 0.6 is 0 Å². The lowest BCUT2D eigenvalue weighted by Gasteiger charge is -2.10. The number of benzene rings is 2. The third kappa shape index (κ3) is 5.30. The van der Waals surface area contributed by atoms with Gasteiger partial charge in [-0.25, -0.2) is 9.59 Å². The number of hydrogen-bond acceptors (Lipinski definition) is 7. The molecule has 1 N–H and O–H groups in total. The molecular weight excluding hydrogens is 402 g/mol. The smallest absolute Gasteiger partial charge is 0.371 e. The van der Waals surface area contributed by atoms with Gasteiger partial charge < -0.3 is 23.7 Å². The summed E-state index contributed by atoms with van der Waals surface area (Å²) in [6.07, 6.45) is 1.65. The number of aliphatic imine (C=N–C) groups is 1. The van der Waals surface area contributed by atoms with Crippen molar-refractivity contribution < 1.29 is 33.3 Å². The second-order valence-electron chi connectivity index (χ2n) is 6.52. The van der Waals surface area contributed by atoms with E-state index in [4.69, 9.17) is 23.7 Å². The standard InChI is InChI=1S/C23H21NO7/c1-14-4-6-16(23(27)29-3)11-18(14)24-12-15-5-8-19(21(10-15)28-2)30-13-17-7-9-20(31-17)22(25)26/h4-12H,13H2,1-3H3,(H,25,26). The summed E-state index contributed by atoms with van der Waals surface area (Å²) >= 11 is 0. The molecule has 0 atom stereocenters. The van der Waals surface area contributed by atoms with Crippen LogP contribution in [-0.2, 0) is 11.3 Å². The first-order valence-corrected chi connectivity index (χ1v) is 9.27. The van der Waals surface area contributed by atoms with Gasteiger partial charge in [0.25, 0.3) is 0 Å². The van der Waals surface area contributed by atoms with E-state index in [9.17, 15) is 9.59 Å². The highest BCUT2D eigenvalue weighted by molar-refractivity contribution is 5.91. The van der Waals surface area contributed by atoms with E-state index in [0.29, 0.717) is 28.5 Å². The maximum Gasteiger partial charge on any atom is 0.371 e. The van der Waals surface area contributed by atoms with Crippen molar-refractivity contribution in [1.29, 1.82) is 0 Å². The van der Waals surface area contributed by atoms with Gasteiger partial charge in [-0.2, -0.15) is 0 Å². The van der Waals surface area contributed by atoms with Gasteiger partial charge in [0.05, 0.1) is 25.5 Å². The van der Waals surface area contributed by atoms with E-state index in [1.54, 1.807) is 48.7 Å². The summed E-state index contributed by atoms with van der Waals surface area (Å²) in [5.41, 5.74) is 2.74. The number of furan rings is 1. The van der Waals surface area contributed by atoms with E-state index < -0.39 is 11.9 Å². The van der Waals surface area contributed by atoms with Crippen LogP contribution in [0.5, 0.6) is 11.5 Å². The normalized spacial score (nSPS) is 10.8. The first kappa shape index (κ1) is 21.6. The van der Waals surface area contributed by atoms with Crippen LogP contribution in [0.2, 0.25) is 0 Å². The number of aromatic carboxylic acids is 1. The van der Waals surface area contributed by atoms with Gasteiger partial charge in [-0.05, 0) is 60.5 Å². The predicted molar refractivity (Wildman–Crippen MR) is 113 cm³/mol. The minimum absolute atomic E-state index is 0.0522. The zero-order valence-corrected chi connectivity index (χ0v) is 17.2. The molecule has 1 aromatic heterocycles. The Balaban J connectivity index is 1.75. The van der Waals surface area contributed by atoms with Crippen molar-refractivity contribution >= 4 is 23.8 Å². The summed E-state index contributed by atoms with van der Waals surface area (Å²) in [5, 5.41) is 8.91. The Labute approximate surface area is 178 Å². The molecule has 0 aliphatic carbocycles. The Hall–Kier alpha value is -4.07. The summed E-state index contributed by atoms with van der Waals surface area (Å²) in [6.45, 7) is 1.95. The van der Waals surface area contributed by atoms with E-state index in [-0.39, 0.29) is 12.4 Å². The van der Waals surface area contributed by atoms with E-state index in [1.165, 1.54) is 20.3 Å². The van der Waals surface area contributed by atoms with Gasteiger partial charge >= 0.3 is 11.9 Å². The molecule has 0 amide bonds. The fourth-order valence-corrected chi connectivity index (χ4v) is 2.74. The SMILES string of the molecule is COC(=O)c1ccc(C)c(N=Cc2ccc(OCc3ccc(C(=O)O)o3)c(OC)c2)c1. The highest BCUT2D eigenvalue weighted by atomic mass is 16.5. The molecule has 0 spiro atoms. The molecule has 160 valence electrons. The van der Waals surface area contributed by atoms with Crippen molar-refractivity contribution in [2.75, 3.05) is 14.2 Å².